The fourth-order valence-corrected chi connectivity index (χ4v) is 2.98. The standard InChI is InChI=1S/C12H21NO2/c1-6-14-8-11(1)7-13-4-2-12(3-5-13)9-15-10-12/h11H,1-10H2/t11-/m0/s1. The monoisotopic (exact) mass is 211 g/mol. The molecule has 3 fully saturated rings. The van der Waals surface area contributed by atoms with Crippen LogP contribution in [0.4, 0.5) is 0 Å². The van der Waals surface area contributed by atoms with Gasteiger partial charge >= 0.3 is 0 Å². The van der Waals surface area contributed by atoms with Gasteiger partial charge in [0, 0.05) is 18.6 Å². The Kier molecular flexibility index (Phi) is 2.71. The van der Waals surface area contributed by atoms with E-state index in [1.807, 2.05) is 0 Å². The van der Waals surface area contributed by atoms with Gasteiger partial charge in [0.1, 0.15) is 0 Å². The summed E-state index contributed by atoms with van der Waals surface area (Å²) in [6.45, 7) is 7.83. The van der Waals surface area contributed by atoms with E-state index >= 15 is 0 Å². The summed E-state index contributed by atoms with van der Waals surface area (Å²) in [7, 11) is 0. The molecule has 3 aliphatic rings. The lowest BCUT2D eigenvalue weighted by Gasteiger charge is -2.47. The third-order valence-corrected chi connectivity index (χ3v) is 4.27. The van der Waals surface area contributed by atoms with Crippen molar-refractivity contribution in [2.24, 2.45) is 11.3 Å². The van der Waals surface area contributed by atoms with Gasteiger partial charge in [-0.1, -0.05) is 0 Å². The van der Waals surface area contributed by atoms with E-state index in [-0.39, 0.29) is 0 Å². The van der Waals surface area contributed by atoms with E-state index in [0.717, 1.165) is 32.3 Å². The molecule has 0 amide bonds. The zero-order valence-electron chi connectivity index (χ0n) is 9.41. The number of piperidine rings is 1. The van der Waals surface area contributed by atoms with Crippen LogP contribution < -0.4 is 0 Å². The van der Waals surface area contributed by atoms with Crippen LogP contribution in [-0.4, -0.2) is 51.0 Å². The minimum Gasteiger partial charge on any atom is -0.381 e. The molecule has 0 unspecified atom stereocenters. The zero-order chi connectivity index (χ0) is 10.1. The molecule has 3 rings (SSSR count). The molecule has 0 aliphatic carbocycles. The van der Waals surface area contributed by atoms with E-state index in [1.165, 1.54) is 38.9 Å². The molecule has 0 N–H and O–H groups in total. The van der Waals surface area contributed by atoms with Crippen LogP contribution in [0.15, 0.2) is 0 Å². The van der Waals surface area contributed by atoms with Crippen LogP contribution in [0, 0.1) is 11.3 Å². The Morgan fingerprint density at radius 3 is 2.47 bits per heavy atom. The topological polar surface area (TPSA) is 21.7 Å². The lowest BCUT2D eigenvalue weighted by atomic mass is 9.76. The van der Waals surface area contributed by atoms with Crippen LogP contribution in [0.25, 0.3) is 0 Å². The second kappa shape index (κ2) is 4.04. The molecule has 3 heteroatoms. The summed E-state index contributed by atoms with van der Waals surface area (Å²) in [5.74, 6) is 0.802. The fraction of sp³-hybridized carbons (Fsp3) is 1.00. The van der Waals surface area contributed by atoms with Crippen molar-refractivity contribution >= 4 is 0 Å². The van der Waals surface area contributed by atoms with Crippen LogP contribution in [0.5, 0.6) is 0 Å². The second-order valence-electron chi connectivity index (χ2n) is 5.52. The van der Waals surface area contributed by atoms with E-state index in [4.69, 9.17) is 9.47 Å². The average molecular weight is 211 g/mol. The minimum atomic E-state index is 0.586. The lowest BCUT2D eigenvalue weighted by molar-refractivity contribution is -0.140. The highest BCUT2D eigenvalue weighted by Gasteiger charge is 2.41. The maximum atomic E-state index is 5.43. The van der Waals surface area contributed by atoms with Crippen molar-refractivity contribution in [3.8, 4) is 0 Å². The van der Waals surface area contributed by atoms with Gasteiger partial charge in [0.2, 0.25) is 0 Å². The quantitative estimate of drug-likeness (QED) is 0.683. The van der Waals surface area contributed by atoms with Crippen molar-refractivity contribution in [1.29, 1.82) is 0 Å². The number of hydrogen-bond donors (Lipinski definition) is 0. The molecule has 0 radical (unpaired) electrons. The zero-order valence-corrected chi connectivity index (χ0v) is 9.41. The Morgan fingerprint density at radius 2 is 1.93 bits per heavy atom. The fourth-order valence-electron chi connectivity index (χ4n) is 2.98. The van der Waals surface area contributed by atoms with Gasteiger partial charge in [-0.2, -0.15) is 0 Å². The smallest absolute Gasteiger partial charge is 0.0545 e. The van der Waals surface area contributed by atoms with Gasteiger partial charge in [-0.25, -0.2) is 0 Å². The maximum Gasteiger partial charge on any atom is 0.0545 e. The molecule has 3 nitrogen and oxygen atoms in total. The molecular formula is C12H21NO2. The highest BCUT2D eigenvalue weighted by molar-refractivity contribution is 4.91. The van der Waals surface area contributed by atoms with E-state index in [2.05, 4.69) is 4.90 Å². The van der Waals surface area contributed by atoms with Crippen molar-refractivity contribution in [2.75, 3.05) is 46.1 Å². The van der Waals surface area contributed by atoms with Crippen molar-refractivity contribution in [3.05, 3.63) is 0 Å². The summed E-state index contributed by atoms with van der Waals surface area (Å²) in [6.07, 6.45) is 3.96. The van der Waals surface area contributed by atoms with E-state index in [9.17, 15) is 0 Å². The molecule has 3 aliphatic heterocycles. The maximum absolute atomic E-state index is 5.43. The Labute approximate surface area is 91.7 Å². The minimum absolute atomic E-state index is 0.586. The number of hydrogen-bond acceptors (Lipinski definition) is 3. The van der Waals surface area contributed by atoms with E-state index < -0.39 is 0 Å². The first-order valence-electron chi connectivity index (χ1n) is 6.24. The highest BCUT2D eigenvalue weighted by Crippen LogP contribution is 2.38. The van der Waals surface area contributed by atoms with Crippen molar-refractivity contribution < 1.29 is 9.47 Å². The third-order valence-electron chi connectivity index (χ3n) is 4.27. The van der Waals surface area contributed by atoms with Gasteiger partial charge in [0.15, 0.2) is 0 Å². The second-order valence-corrected chi connectivity index (χ2v) is 5.52. The number of ether oxygens (including phenoxy) is 2. The molecule has 0 aromatic carbocycles. The van der Waals surface area contributed by atoms with Crippen LogP contribution >= 0.6 is 0 Å². The van der Waals surface area contributed by atoms with Crippen molar-refractivity contribution in [2.45, 2.75) is 19.3 Å². The molecule has 3 heterocycles. The first kappa shape index (κ1) is 10.1. The van der Waals surface area contributed by atoms with Gasteiger partial charge in [0.25, 0.3) is 0 Å². The Bertz CT molecular complexity index is 212. The SMILES string of the molecule is C1C[C@@H](CN2CCC3(CC2)COC3)CO1. The molecule has 0 bridgehead atoms. The Balaban J connectivity index is 1.45. The first-order valence-corrected chi connectivity index (χ1v) is 6.24. The summed E-state index contributed by atoms with van der Waals surface area (Å²) in [4.78, 5) is 2.63. The van der Waals surface area contributed by atoms with Gasteiger partial charge < -0.3 is 14.4 Å². The summed E-state index contributed by atoms with van der Waals surface area (Å²) < 4.78 is 10.8. The predicted octanol–water partition coefficient (Wildman–Crippen LogP) is 1.14. The van der Waals surface area contributed by atoms with Gasteiger partial charge in [-0.3, -0.25) is 0 Å². The van der Waals surface area contributed by atoms with Crippen LogP contribution in [0.3, 0.4) is 0 Å². The molecule has 3 saturated heterocycles. The van der Waals surface area contributed by atoms with E-state index in [0.29, 0.717) is 5.41 Å². The third kappa shape index (κ3) is 2.05. The van der Waals surface area contributed by atoms with E-state index in [1.54, 1.807) is 0 Å². The Morgan fingerprint density at radius 1 is 1.13 bits per heavy atom. The molecule has 15 heavy (non-hydrogen) atoms. The van der Waals surface area contributed by atoms with Crippen LogP contribution in [-0.2, 0) is 9.47 Å². The Hall–Kier alpha value is -0.120. The number of rotatable bonds is 2. The van der Waals surface area contributed by atoms with Crippen LogP contribution in [0.2, 0.25) is 0 Å². The normalized spacial score (nSPS) is 35.6. The molecule has 1 atom stereocenters. The molecule has 0 aromatic heterocycles. The number of likely N-dealkylation sites (tertiary alicyclic amines) is 1. The van der Waals surface area contributed by atoms with Crippen molar-refractivity contribution in [3.63, 3.8) is 0 Å². The van der Waals surface area contributed by atoms with Gasteiger partial charge in [-0.05, 0) is 38.3 Å². The van der Waals surface area contributed by atoms with Crippen LogP contribution in [0.1, 0.15) is 19.3 Å². The number of nitrogens with zero attached hydrogens (tertiary/aromatic N) is 1. The molecule has 86 valence electrons. The highest BCUT2D eigenvalue weighted by atomic mass is 16.5. The molecule has 0 saturated carbocycles. The summed E-state index contributed by atoms with van der Waals surface area (Å²) >= 11 is 0. The lowest BCUT2D eigenvalue weighted by Crippen LogP contribution is -2.51. The first-order chi connectivity index (χ1) is 7.36. The predicted molar refractivity (Wildman–Crippen MR) is 57.9 cm³/mol. The summed E-state index contributed by atoms with van der Waals surface area (Å²) in [5.41, 5.74) is 0.586. The van der Waals surface area contributed by atoms with Gasteiger partial charge in [-0.15, -0.1) is 0 Å². The largest absolute Gasteiger partial charge is 0.381 e. The molecule has 1 spiro atoms. The van der Waals surface area contributed by atoms with Gasteiger partial charge in [0.05, 0.1) is 19.8 Å². The average Bonchev–Trinajstić information content (AvgIpc) is 2.69. The van der Waals surface area contributed by atoms with Crippen molar-refractivity contribution in [1.82, 2.24) is 4.90 Å². The summed E-state index contributed by atoms with van der Waals surface area (Å²) in [5, 5.41) is 0. The molecular weight excluding hydrogens is 190 g/mol. The summed E-state index contributed by atoms with van der Waals surface area (Å²) in [6, 6.07) is 0. The molecule has 0 aromatic rings.